The molecule has 0 fully saturated rings. The number of pyridine rings is 1. The standard InChI is InChI=1S/C23H17NO5S/c25-22-14-20(19-8-4-5-9-21(19)24-22)23(26)29-15-16-10-12-18(13-11-16)30(27,28)17-6-2-1-3-7-17/h1-14H,15H2,(H,24,25). The number of hydrogen-bond donors (Lipinski definition) is 1. The van der Waals surface area contributed by atoms with Gasteiger partial charge in [-0.2, -0.15) is 0 Å². The highest BCUT2D eigenvalue weighted by atomic mass is 32.2. The Balaban J connectivity index is 1.51. The van der Waals surface area contributed by atoms with E-state index >= 15 is 0 Å². The number of carbonyl (C=O) groups excluding carboxylic acids is 1. The molecular formula is C23H17NO5S. The Morgan fingerprint density at radius 3 is 2.20 bits per heavy atom. The number of nitrogens with one attached hydrogen (secondary N) is 1. The molecule has 150 valence electrons. The first-order chi connectivity index (χ1) is 14.4. The maximum atomic E-state index is 12.6. The van der Waals surface area contributed by atoms with Crippen LogP contribution >= 0.6 is 0 Å². The fourth-order valence-electron chi connectivity index (χ4n) is 3.10. The van der Waals surface area contributed by atoms with Crippen molar-refractivity contribution in [1.82, 2.24) is 4.98 Å². The van der Waals surface area contributed by atoms with Crippen LogP contribution in [0.2, 0.25) is 0 Å². The average molecular weight is 419 g/mol. The van der Waals surface area contributed by atoms with Crippen molar-refractivity contribution in [3.63, 3.8) is 0 Å². The van der Waals surface area contributed by atoms with Gasteiger partial charge in [-0.3, -0.25) is 4.79 Å². The molecule has 1 heterocycles. The molecule has 0 bridgehead atoms. The van der Waals surface area contributed by atoms with E-state index in [1.165, 1.54) is 30.3 Å². The Labute approximate surface area is 172 Å². The minimum absolute atomic E-state index is 0.0500. The zero-order valence-corrected chi connectivity index (χ0v) is 16.6. The van der Waals surface area contributed by atoms with Crippen LogP contribution in [0.15, 0.2) is 99.5 Å². The Hall–Kier alpha value is -3.71. The highest BCUT2D eigenvalue weighted by Crippen LogP contribution is 2.21. The van der Waals surface area contributed by atoms with E-state index in [2.05, 4.69) is 4.98 Å². The van der Waals surface area contributed by atoms with Crippen molar-refractivity contribution < 1.29 is 17.9 Å². The lowest BCUT2D eigenvalue weighted by Gasteiger charge is -2.09. The molecule has 6 nitrogen and oxygen atoms in total. The van der Waals surface area contributed by atoms with Gasteiger partial charge in [-0.25, -0.2) is 13.2 Å². The number of sulfone groups is 1. The predicted molar refractivity (Wildman–Crippen MR) is 112 cm³/mol. The molecule has 0 aliphatic heterocycles. The highest BCUT2D eigenvalue weighted by molar-refractivity contribution is 7.91. The maximum absolute atomic E-state index is 12.6. The van der Waals surface area contributed by atoms with Crippen molar-refractivity contribution in [2.75, 3.05) is 0 Å². The number of aromatic nitrogens is 1. The SMILES string of the molecule is O=C(OCc1ccc(S(=O)(=O)c2ccccc2)cc1)c1cc(=O)[nH]c2ccccc12. The molecule has 1 aromatic heterocycles. The van der Waals surface area contributed by atoms with Crippen molar-refractivity contribution >= 4 is 26.7 Å². The molecule has 0 amide bonds. The minimum Gasteiger partial charge on any atom is -0.457 e. The fraction of sp³-hybridized carbons (Fsp3) is 0.0435. The third-order valence-electron chi connectivity index (χ3n) is 4.63. The van der Waals surface area contributed by atoms with Crippen molar-refractivity contribution in [3.05, 3.63) is 106 Å². The number of hydrogen-bond acceptors (Lipinski definition) is 5. The molecule has 0 aliphatic carbocycles. The molecule has 30 heavy (non-hydrogen) atoms. The number of rotatable bonds is 5. The first kappa shape index (κ1) is 19.6. The van der Waals surface area contributed by atoms with E-state index in [0.717, 1.165) is 0 Å². The molecule has 0 radical (unpaired) electrons. The van der Waals surface area contributed by atoms with E-state index in [4.69, 9.17) is 4.74 Å². The van der Waals surface area contributed by atoms with Crippen LogP contribution in [0.25, 0.3) is 10.9 Å². The van der Waals surface area contributed by atoms with Crippen molar-refractivity contribution in [1.29, 1.82) is 0 Å². The van der Waals surface area contributed by atoms with E-state index in [1.54, 1.807) is 54.6 Å². The van der Waals surface area contributed by atoms with E-state index in [-0.39, 0.29) is 22.0 Å². The number of fused-ring (bicyclic) bond motifs is 1. The van der Waals surface area contributed by atoms with Gasteiger partial charge in [0.2, 0.25) is 15.4 Å². The molecule has 0 aliphatic rings. The number of esters is 1. The topological polar surface area (TPSA) is 93.3 Å². The van der Waals surface area contributed by atoms with Crippen LogP contribution < -0.4 is 5.56 Å². The lowest BCUT2D eigenvalue weighted by atomic mass is 10.1. The normalized spacial score (nSPS) is 11.3. The Bertz CT molecular complexity index is 1370. The van der Waals surface area contributed by atoms with Crippen LogP contribution in [-0.2, 0) is 21.2 Å². The van der Waals surface area contributed by atoms with E-state index < -0.39 is 21.4 Å². The Morgan fingerprint density at radius 1 is 0.833 bits per heavy atom. The van der Waals surface area contributed by atoms with Gasteiger partial charge < -0.3 is 9.72 Å². The number of aromatic amines is 1. The summed E-state index contributed by atoms with van der Waals surface area (Å²) in [5.41, 5.74) is 0.964. The number of carbonyl (C=O) groups is 1. The lowest BCUT2D eigenvalue weighted by Crippen LogP contribution is -2.13. The molecule has 0 spiro atoms. The number of ether oxygens (including phenoxy) is 1. The van der Waals surface area contributed by atoms with Crippen molar-refractivity contribution in [2.45, 2.75) is 16.4 Å². The second-order valence-electron chi connectivity index (χ2n) is 6.63. The van der Waals surface area contributed by atoms with Crippen molar-refractivity contribution in [3.8, 4) is 0 Å². The van der Waals surface area contributed by atoms with Gasteiger partial charge in [-0.15, -0.1) is 0 Å². The van der Waals surface area contributed by atoms with E-state index in [0.29, 0.717) is 16.5 Å². The van der Waals surface area contributed by atoms with Gasteiger partial charge in [0.1, 0.15) is 6.61 Å². The number of benzene rings is 3. The van der Waals surface area contributed by atoms with E-state index in [9.17, 15) is 18.0 Å². The molecule has 0 saturated carbocycles. The summed E-state index contributed by atoms with van der Waals surface area (Å²) in [6.07, 6.45) is 0. The minimum atomic E-state index is -3.61. The van der Waals surface area contributed by atoms with E-state index in [1.807, 2.05) is 0 Å². The molecule has 0 saturated heterocycles. The summed E-state index contributed by atoms with van der Waals surface area (Å²) in [4.78, 5) is 27.4. The Morgan fingerprint density at radius 2 is 1.47 bits per heavy atom. The Kier molecular flexibility index (Phi) is 5.20. The molecule has 0 unspecified atom stereocenters. The van der Waals surface area contributed by atoms with Gasteiger partial charge in [0, 0.05) is 17.0 Å². The van der Waals surface area contributed by atoms with Gasteiger partial charge >= 0.3 is 5.97 Å². The van der Waals surface area contributed by atoms with Gasteiger partial charge in [-0.1, -0.05) is 48.5 Å². The third kappa shape index (κ3) is 3.88. The lowest BCUT2D eigenvalue weighted by molar-refractivity contribution is 0.0474. The first-order valence-electron chi connectivity index (χ1n) is 9.13. The van der Waals surface area contributed by atoms with Crippen LogP contribution in [0, 0.1) is 0 Å². The van der Waals surface area contributed by atoms with Crippen LogP contribution in [0.5, 0.6) is 0 Å². The fourth-order valence-corrected chi connectivity index (χ4v) is 4.38. The second-order valence-corrected chi connectivity index (χ2v) is 8.58. The van der Waals surface area contributed by atoms with Gasteiger partial charge in [0.05, 0.1) is 15.4 Å². The quantitative estimate of drug-likeness (QED) is 0.498. The summed E-state index contributed by atoms with van der Waals surface area (Å²) < 4.78 is 30.6. The molecule has 0 atom stereocenters. The summed E-state index contributed by atoms with van der Waals surface area (Å²) >= 11 is 0. The highest BCUT2D eigenvalue weighted by Gasteiger charge is 2.17. The van der Waals surface area contributed by atoms with Crippen LogP contribution in [0.3, 0.4) is 0 Å². The summed E-state index contributed by atoms with van der Waals surface area (Å²) in [5, 5.41) is 0.589. The molecule has 1 N–H and O–H groups in total. The largest absolute Gasteiger partial charge is 0.457 e. The smallest absolute Gasteiger partial charge is 0.339 e. The van der Waals surface area contributed by atoms with Gasteiger partial charge in [-0.05, 0) is 35.9 Å². The van der Waals surface area contributed by atoms with Gasteiger partial charge in [0.25, 0.3) is 0 Å². The van der Waals surface area contributed by atoms with Crippen molar-refractivity contribution in [2.24, 2.45) is 0 Å². The summed E-state index contributed by atoms with van der Waals surface area (Å²) in [7, 11) is -3.61. The van der Waals surface area contributed by atoms with Gasteiger partial charge in [0.15, 0.2) is 0 Å². The molecule has 4 rings (SSSR count). The molecule has 3 aromatic carbocycles. The second kappa shape index (κ2) is 7.96. The summed E-state index contributed by atoms with van der Waals surface area (Å²) in [5.74, 6) is -0.627. The van der Waals surface area contributed by atoms with Crippen LogP contribution in [0.1, 0.15) is 15.9 Å². The number of para-hydroxylation sites is 1. The van der Waals surface area contributed by atoms with Crippen LogP contribution in [0.4, 0.5) is 0 Å². The van der Waals surface area contributed by atoms with Crippen LogP contribution in [-0.4, -0.2) is 19.4 Å². The number of H-pyrrole nitrogens is 1. The molecule has 4 aromatic rings. The zero-order valence-electron chi connectivity index (χ0n) is 15.7. The first-order valence-corrected chi connectivity index (χ1v) is 10.6. The summed E-state index contributed by atoms with van der Waals surface area (Å²) in [6.45, 7) is -0.0500. The molecular weight excluding hydrogens is 402 g/mol. The molecule has 7 heteroatoms. The zero-order chi connectivity index (χ0) is 21.1. The monoisotopic (exact) mass is 419 g/mol. The third-order valence-corrected chi connectivity index (χ3v) is 6.41. The predicted octanol–water partition coefficient (Wildman–Crippen LogP) is 3.72. The summed E-state index contributed by atoms with van der Waals surface area (Å²) in [6, 6.07) is 22.5. The average Bonchev–Trinajstić information content (AvgIpc) is 2.77. The maximum Gasteiger partial charge on any atom is 0.339 e.